The maximum absolute atomic E-state index is 13.8. The van der Waals surface area contributed by atoms with Crippen molar-refractivity contribution in [3.05, 3.63) is 87.9 Å². The minimum absolute atomic E-state index is 0.0582. The van der Waals surface area contributed by atoms with E-state index < -0.39 is 11.1 Å². The summed E-state index contributed by atoms with van der Waals surface area (Å²) in [4.78, 5) is 30.5. The van der Waals surface area contributed by atoms with Crippen molar-refractivity contribution in [3.8, 4) is 0 Å². The third kappa shape index (κ3) is 4.67. The number of thioether (sulfide) groups is 1. The molecule has 0 saturated heterocycles. The number of nitrogens with one attached hydrogen (secondary N) is 1. The van der Waals surface area contributed by atoms with E-state index in [4.69, 9.17) is 5.10 Å². The molecule has 3 aromatic rings. The Kier molecular flexibility index (Phi) is 6.30. The zero-order chi connectivity index (χ0) is 23.7. The molecule has 0 bridgehead atoms. The van der Waals surface area contributed by atoms with Crippen molar-refractivity contribution in [1.82, 2.24) is 5.01 Å². The van der Waals surface area contributed by atoms with Crippen LogP contribution in [-0.4, -0.2) is 33.0 Å². The zero-order valence-corrected chi connectivity index (χ0v) is 19.9. The normalized spacial score (nSPS) is 19.8. The molecule has 0 spiro atoms. The largest absolute Gasteiger partial charge is 0.326 e. The van der Waals surface area contributed by atoms with E-state index in [0.29, 0.717) is 22.8 Å². The van der Waals surface area contributed by atoms with Crippen LogP contribution in [0.3, 0.4) is 0 Å². The molecule has 1 N–H and O–H groups in total. The van der Waals surface area contributed by atoms with Gasteiger partial charge >= 0.3 is 0 Å². The number of hydrazone groups is 1. The van der Waals surface area contributed by atoms with E-state index in [0.717, 1.165) is 16.2 Å². The standard InChI is InChI=1S/C25H21FN4O2S2/c1-15-9-10-17(12-18(15)26)27-23(31)14-22-24(32)28-25(34-22)30-20(16-6-3-2-4-7-16)13-19(29-30)21-8-5-11-33-21/h2-12,20,22H,13-14H2,1H3,(H,27,31)/t20-,22+/m0/s1. The minimum atomic E-state index is -0.650. The number of carbonyl (C=O) groups excluding carboxylic acids is 2. The number of thiophene rings is 1. The molecule has 0 aliphatic carbocycles. The minimum Gasteiger partial charge on any atom is -0.326 e. The number of amidine groups is 1. The van der Waals surface area contributed by atoms with Crippen molar-refractivity contribution < 1.29 is 14.0 Å². The van der Waals surface area contributed by atoms with E-state index in [2.05, 4.69) is 10.3 Å². The summed E-state index contributed by atoms with van der Waals surface area (Å²) in [6.45, 7) is 1.65. The van der Waals surface area contributed by atoms with Gasteiger partial charge in [0.1, 0.15) is 11.1 Å². The predicted molar refractivity (Wildman–Crippen MR) is 135 cm³/mol. The molecule has 2 aromatic carbocycles. The van der Waals surface area contributed by atoms with Crippen molar-refractivity contribution in [1.29, 1.82) is 0 Å². The van der Waals surface area contributed by atoms with Gasteiger partial charge in [0.15, 0.2) is 5.17 Å². The van der Waals surface area contributed by atoms with Gasteiger partial charge in [-0.15, -0.1) is 11.3 Å². The van der Waals surface area contributed by atoms with Crippen molar-refractivity contribution in [2.75, 3.05) is 5.32 Å². The van der Waals surface area contributed by atoms with Crippen LogP contribution < -0.4 is 5.32 Å². The summed E-state index contributed by atoms with van der Waals surface area (Å²) in [7, 11) is 0. The molecule has 6 nitrogen and oxygen atoms in total. The smallest absolute Gasteiger partial charge is 0.262 e. The van der Waals surface area contributed by atoms with E-state index in [-0.39, 0.29) is 24.3 Å². The highest BCUT2D eigenvalue weighted by atomic mass is 32.2. The van der Waals surface area contributed by atoms with E-state index >= 15 is 0 Å². The lowest BCUT2D eigenvalue weighted by atomic mass is 10.0. The maximum atomic E-state index is 13.8. The topological polar surface area (TPSA) is 74.1 Å². The number of aryl methyl sites for hydroxylation is 1. The number of benzene rings is 2. The lowest BCUT2D eigenvalue weighted by molar-refractivity contribution is -0.121. The Balaban J connectivity index is 1.31. The third-order valence-electron chi connectivity index (χ3n) is 5.65. The van der Waals surface area contributed by atoms with Gasteiger partial charge < -0.3 is 5.32 Å². The first-order chi connectivity index (χ1) is 16.5. The Morgan fingerprint density at radius 1 is 1.18 bits per heavy atom. The molecule has 0 saturated carbocycles. The number of amides is 2. The Morgan fingerprint density at radius 3 is 2.74 bits per heavy atom. The van der Waals surface area contributed by atoms with Gasteiger partial charge in [-0.25, -0.2) is 9.40 Å². The third-order valence-corrected chi connectivity index (χ3v) is 7.71. The summed E-state index contributed by atoms with van der Waals surface area (Å²) in [5, 5.41) is 11.1. The quantitative estimate of drug-likeness (QED) is 0.519. The van der Waals surface area contributed by atoms with Gasteiger partial charge in [0.25, 0.3) is 5.91 Å². The highest BCUT2D eigenvalue weighted by molar-refractivity contribution is 8.15. The summed E-state index contributed by atoms with van der Waals surface area (Å²) in [6.07, 6.45) is 0.639. The number of carbonyl (C=O) groups is 2. The van der Waals surface area contributed by atoms with Gasteiger partial charge in [-0.05, 0) is 41.6 Å². The SMILES string of the molecule is Cc1ccc(NC(=O)C[C@H]2SC(N3N=C(c4cccs4)C[C@H]3c3ccccc3)=NC2=O)cc1F. The van der Waals surface area contributed by atoms with Gasteiger partial charge in [-0.1, -0.05) is 54.2 Å². The molecule has 0 radical (unpaired) electrons. The first kappa shape index (κ1) is 22.5. The number of halogens is 1. The Bertz CT molecular complexity index is 1290. The van der Waals surface area contributed by atoms with Crippen LogP contribution in [0.4, 0.5) is 10.1 Å². The van der Waals surface area contributed by atoms with Gasteiger partial charge in [0, 0.05) is 18.5 Å². The highest BCUT2D eigenvalue weighted by Gasteiger charge is 2.39. The summed E-state index contributed by atoms with van der Waals surface area (Å²) in [5.41, 5.74) is 2.88. The number of anilines is 1. The van der Waals surface area contributed by atoms with Gasteiger partial charge in [-0.3, -0.25) is 9.59 Å². The summed E-state index contributed by atoms with van der Waals surface area (Å²) < 4.78 is 13.8. The lowest BCUT2D eigenvalue weighted by Gasteiger charge is -2.23. The number of nitrogens with zero attached hydrogens (tertiary/aromatic N) is 3. The lowest BCUT2D eigenvalue weighted by Crippen LogP contribution is -2.25. The van der Waals surface area contributed by atoms with Crippen molar-refractivity contribution in [2.45, 2.75) is 31.1 Å². The molecule has 172 valence electrons. The van der Waals surface area contributed by atoms with Crippen molar-refractivity contribution >= 4 is 51.5 Å². The first-order valence-corrected chi connectivity index (χ1v) is 12.5. The van der Waals surface area contributed by atoms with E-state index in [1.807, 2.05) is 47.8 Å². The van der Waals surface area contributed by atoms with E-state index in [1.165, 1.54) is 17.8 Å². The Labute approximate surface area is 204 Å². The molecule has 9 heteroatoms. The molecule has 1 aromatic heterocycles. The first-order valence-electron chi connectivity index (χ1n) is 10.8. The monoisotopic (exact) mass is 492 g/mol. The van der Waals surface area contributed by atoms with Gasteiger partial charge in [-0.2, -0.15) is 10.1 Å². The number of aliphatic imine (C=N–C) groups is 1. The molecule has 2 aliphatic rings. The molecular weight excluding hydrogens is 471 g/mol. The average Bonchev–Trinajstić information content (AvgIpc) is 3.57. The maximum Gasteiger partial charge on any atom is 0.262 e. The molecule has 0 fully saturated rings. The van der Waals surface area contributed by atoms with Crippen LogP contribution in [0.25, 0.3) is 0 Å². The summed E-state index contributed by atoms with van der Waals surface area (Å²) in [5.74, 6) is -1.12. The summed E-state index contributed by atoms with van der Waals surface area (Å²) in [6, 6.07) is 18.4. The molecular formula is C25H21FN4O2S2. The van der Waals surface area contributed by atoms with E-state index in [1.54, 1.807) is 35.4 Å². The second kappa shape index (κ2) is 9.52. The number of rotatable bonds is 5. The van der Waals surface area contributed by atoms with Gasteiger partial charge in [0.2, 0.25) is 5.91 Å². The van der Waals surface area contributed by atoms with E-state index in [9.17, 15) is 14.0 Å². The highest BCUT2D eigenvalue weighted by Crippen LogP contribution is 2.39. The Hall–Kier alpha value is -3.30. The van der Waals surface area contributed by atoms with Crippen LogP contribution >= 0.6 is 23.1 Å². The van der Waals surface area contributed by atoms with Crippen LogP contribution in [-0.2, 0) is 9.59 Å². The van der Waals surface area contributed by atoms with Gasteiger partial charge in [0.05, 0.1) is 16.6 Å². The molecule has 2 amide bonds. The fraction of sp³-hybridized carbons (Fsp3) is 0.200. The van der Waals surface area contributed by atoms with Crippen LogP contribution in [0.2, 0.25) is 0 Å². The molecule has 2 aliphatic heterocycles. The predicted octanol–water partition coefficient (Wildman–Crippen LogP) is 5.37. The van der Waals surface area contributed by atoms with Crippen LogP contribution in [0.1, 0.15) is 34.9 Å². The van der Waals surface area contributed by atoms with Crippen LogP contribution in [0, 0.1) is 12.7 Å². The molecule has 5 rings (SSSR count). The molecule has 0 unspecified atom stereocenters. The molecule has 2 atom stereocenters. The fourth-order valence-corrected chi connectivity index (χ4v) is 5.65. The average molecular weight is 493 g/mol. The summed E-state index contributed by atoms with van der Waals surface area (Å²) >= 11 is 2.87. The Morgan fingerprint density at radius 2 is 2.00 bits per heavy atom. The van der Waals surface area contributed by atoms with Crippen LogP contribution in [0.5, 0.6) is 0 Å². The van der Waals surface area contributed by atoms with Crippen LogP contribution in [0.15, 0.2) is 76.1 Å². The number of hydrogen-bond donors (Lipinski definition) is 1. The van der Waals surface area contributed by atoms with Crippen molar-refractivity contribution in [2.24, 2.45) is 10.1 Å². The molecule has 34 heavy (non-hydrogen) atoms. The van der Waals surface area contributed by atoms with Crippen molar-refractivity contribution in [3.63, 3.8) is 0 Å². The second-order valence-electron chi connectivity index (χ2n) is 8.05. The fourth-order valence-electron chi connectivity index (χ4n) is 3.87. The zero-order valence-electron chi connectivity index (χ0n) is 18.3. The number of hydrogen-bond acceptors (Lipinski definition) is 6. The second-order valence-corrected chi connectivity index (χ2v) is 10.2. The molecule has 3 heterocycles.